The van der Waals surface area contributed by atoms with Crippen LogP contribution in [0, 0.1) is 12.7 Å². The van der Waals surface area contributed by atoms with E-state index in [0.29, 0.717) is 24.2 Å². The van der Waals surface area contributed by atoms with Crippen LogP contribution in [0.15, 0.2) is 42.5 Å². The van der Waals surface area contributed by atoms with E-state index in [1.807, 2.05) is 13.0 Å². The third-order valence-electron chi connectivity index (χ3n) is 3.40. The van der Waals surface area contributed by atoms with Gasteiger partial charge < -0.3 is 10.6 Å². The van der Waals surface area contributed by atoms with Gasteiger partial charge in [0.2, 0.25) is 5.91 Å². The molecule has 0 radical (unpaired) electrons. The Kier molecular flexibility index (Phi) is 5.46. The molecule has 23 heavy (non-hydrogen) atoms. The minimum absolute atomic E-state index is 0.184. The summed E-state index contributed by atoms with van der Waals surface area (Å²) < 4.78 is 13.1. The minimum atomic E-state index is -0.285. The molecule has 0 saturated carbocycles. The molecule has 0 fully saturated rings. The molecule has 4 nitrogen and oxygen atoms in total. The van der Waals surface area contributed by atoms with Gasteiger partial charge in [-0.05, 0) is 48.7 Å². The predicted molar refractivity (Wildman–Crippen MR) is 87.9 cm³/mol. The molecule has 0 aromatic heterocycles. The summed E-state index contributed by atoms with van der Waals surface area (Å²) in [6, 6.07) is 11.4. The average molecular weight is 314 g/mol. The minimum Gasteiger partial charge on any atom is -0.352 e. The van der Waals surface area contributed by atoms with Gasteiger partial charge in [-0.3, -0.25) is 9.59 Å². The van der Waals surface area contributed by atoms with Crippen molar-refractivity contribution in [3.05, 3.63) is 65.0 Å². The van der Waals surface area contributed by atoms with Crippen LogP contribution in [0.2, 0.25) is 0 Å². The Bertz CT molecular complexity index is 729. The number of nitrogens with one attached hydrogen (secondary N) is 2. The van der Waals surface area contributed by atoms with Crippen molar-refractivity contribution in [2.45, 2.75) is 20.3 Å². The molecular formula is C18H19FN2O2. The Morgan fingerprint density at radius 1 is 1.13 bits per heavy atom. The third-order valence-corrected chi connectivity index (χ3v) is 3.40. The number of hydrogen-bond donors (Lipinski definition) is 2. The summed E-state index contributed by atoms with van der Waals surface area (Å²) in [6.07, 6.45) is 0.550. The van der Waals surface area contributed by atoms with Crippen molar-refractivity contribution in [1.82, 2.24) is 5.32 Å². The highest BCUT2D eigenvalue weighted by atomic mass is 19.1. The molecule has 2 amide bonds. The lowest BCUT2D eigenvalue weighted by molar-refractivity contribution is -0.114. The molecule has 2 aromatic carbocycles. The van der Waals surface area contributed by atoms with Crippen molar-refractivity contribution in [3.63, 3.8) is 0 Å². The maximum absolute atomic E-state index is 13.1. The fourth-order valence-electron chi connectivity index (χ4n) is 2.20. The highest BCUT2D eigenvalue weighted by Gasteiger charge is 2.08. The van der Waals surface area contributed by atoms with Gasteiger partial charge in [0.1, 0.15) is 5.82 Å². The first-order valence-corrected chi connectivity index (χ1v) is 7.36. The fraction of sp³-hybridized carbons (Fsp3) is 0.222. The molecule has 0 unspecified atom stereocenters. The van der Waals surface area contributed by atoms with Crippen LogP contribution in [-0.2, 0) is 11.2 Å². The topological polar surface area (TPSA) is 58.2 Å². The van der Waals surface area contributed by atoms with E-state index in [9.17, 15) is 14.0 Å². The number of amides is 2. The maximum Gasteiger partial charge on any atom is 0.251 e. The molecule has 2 aromatic rings. The summed E-state index contributed by atoms with van der Waals surface area (Å²) in [5.41, 5.74) is 2.80. The SMILES string of the molecule is CC(=O)Nc1cc(C(=O)NCCc2cccc(F)c2)ccc1C. The smallest absolute Gasteiger partial charge is 0.251 e. The molecule has 2 N–H and O–H groups in total. The first-order valence-electron chi connectivity index (χ1n) is 7.36. The molecule has 0 aliphatic heterocycles. The predicted octanol–water partition coefficient (Wildman–Crippen LogP) is 3.07. The van der Waals surface area contributed by atoms with E-state index in [4.69, 9.17) is 0 Å². The lowest BCUT2D eigenvalue weighted by atomic mass is 10.1. The van der Waals surface area contributed by atoms with Crippen LogP contribution >= 0.6 is 0 Å². The number of aryl methyl sites for hydroxylation is 1. The number of hydrogen-bond acceptors (Lipinski definition) is 2. The van der Waals surface area contributed by atoms with Crippen molar-refractivity contribution in [3.8, 4) is 0 Å². The summed E-state index contributed by atoms with van der Waals surface area (Å²) in [5.74, 6) is -0.697. The quantitative estimate of drug-likeness (QED) is 0.891. The van der Waals surface area contributed by atoms with Crippen LogP contribution in [0.3, 0.4) is 0 Å². The lowest BCUT2D eigenvalue weighted by Gasteiger charge is -2.10. The summed E-state index contributed by atoms with van der Waals surface area (Å²) in [6.45, 7) is 3.69. The highest BCUT2D eigenvalue weighted by molar-refractivity contribution is 5.97. The van der Waals surface area contributed by atoms with E-state index < -0.39 is 0 Å². The Morgan fingerprint density at radius 3 is 2.61 bits per heavy atom. The van der Waals surface area contributed by atoms with E-state index >= 15 is 0 Å². The molecule has 0 bridgehead atoms. The number of carbonyl (C=O) groups excluding carboxylic acids is 2. The monoisotopic (exact) mass is 314 g/mol. The van der Waals surface area contributed by atoms with Gasteiger partial charge in [-0.1, -0.05) is 18.2 Å². The Morgan fingerprint density at radius 2 is 1.91 bits per heavy atom. The molecule has 0 atom stereocenters. The number of benzene rings is 2. The molecule has 0 spiro atoms. The summed E-state index contributed by atoms with van der Waals surface area (Å²) >= 11 is 0. The van der Waals surface area contributed by atoms with Gasteiger partial charge in [0.25, 0.3) is 5.91 Å². The molecule has 120 valence electrons. The fourth-order valence-corrected chi connectivity index (χ4v) is 2.20. The average Bonchev–Trinajstić information content (AvgIpc) is 2.49. The van der Waals surface area contributed by atoms with Crippen LogP contribution in [0.25, 0.3) is 0 Å². The number of anilines is 1. The number of carbonyl (C=O) groups is 2. The second-order valence-corrected chi connectivity index (χ2v) is 5.35. The zero-order valence-corrected chi connectivity index (χ0v) is 13.2. The van der Waals surface area contributed by atoms with Gasteiger partial charge >= 0.3 is 0 Å². The third kappa shape index (κ3) is 4.92. The van der Waals surface area contributed by atoms with Gasteiger partial charge in [0.05, 0.1) is 0 Å². The van der Waals surface area contributed by atoms with Crippen molar-refractivity contribution in [2.75, 3.05) is 11.9 Å². The first-order chi connectivity index (χ1) is 11.0. The van der Waals surface area contributed by atoms with Crippen LogP contribution in [-0.4, -0.2) is 18.4 Å². The Balaban J connectivity index is 1.96. The maximum atomic E-state index is 13.1. The van der Waals surface area contributed by atoms with E-state index in [1.54, 1.807) is 24.3 Å². The molecular weight excluding hydrogens is 295 g/mol. The van der Waals surface area contributed by atoms with E-state index in [1.165, 1.54) is 19.1 Å². The van der Waals surface area contributed by atoms with Crippen LogP contribution in [0.5, 0.6) is 0 Å². The first kappa shape index (κ1) is 16.7. The normalized spacial score (nSPS) is 10.2. The number of halogens is 1. The van der Waals surface area contributed by atoms with Crippen molar-refractivity contribution in [1.29, 1.82) is 0 Å². The summed E-state index contributed by atoms with van der Waals surface area (Å²) in [5, 5.41) is 5.49. The van der Waals surface area contributed by atoms with Crippen molar-refractivity contribution in [2.24, 2.45) is 0 Å². The van der Waals surface area contributed by atoms with E-state index in [2.05, 4.69) is 10.6 Å². The second-order valence-electron chi connectivity index (χ2n) is 5.35. The largest absolute Gasteiger partial charge is 0.352 e. The zero-order valence-electron chi connectivity index (χ0n) is 13.2. The molecule has 0 heterocycles. The van der Waals surface area contributed by atoms with Gasteiger partial charge in [-0.25, -0.2) is 4.39 Å². The van der Waals surface area contributed by atoms with Crippen molar-refractivity contribution < 1.29 is 14.0 Å². The number of rotatable bonds is 5. The zero-order chi connectivity index (χ0) is 16.8. The van der Waals surface area contributed by atoms with E-state index in [0.717, 1.165) is 11.1 Å². The highest BCUT2D eigenvalue weighted by Crippen LogP contribution is 2.17. The molecule has 0 aliphatic carbocycles. The summed E-state index contributed by atoms with van der Waals surface area (Å²) in [7, 11) is 0. The van der Waals surface area contributed by atoms with Crippen LogP contribution in [0.4, 0.5) is 10.1 Å². The summed E-state index contributed by atoms with van der Waals surface area (Å²) in [4.78, 5) is 23.3. The van der Waals surface area contributed by atoms with Gasteiger partial charge in [0, 0.05) is 24.7 Å². The van der Waals surface area contributed by atoms with Gasteiger partial charge in [-0.2, -0.15) is 0 Å². The Labute approximate surface area is 134 Å². The van der Waals surface area contributed by atoms with Crippen molar-refractivity contribution >= 4 is 17.5 Å². The molecule has 0 saturated heterocycles. The lowest BCUT2D eigenvalue weighted by Crippen LogP contribution is -2.26. The second kappa shape index (κ2) is 7.54. The van der Waals surface area contributed by atoms with E-state index in [-0.39, 0.29) is 17.6 Å². The van der Waals surface area contributed by atoms with Crippen LogP contribution in [0.1, 0.15) is 28.4 Å². The van der Waals surface area contributed by atoms with Crippen LogP contribution < -0.4 is 10.6 Å². The standard InChI is InChI=1S/C18H19FN2O2/c1-12-6-7-15(11-17(12)21-13(2)22)18(23)20-9-8-14-4-3-5-16(19)10-14/h3-7,10-11H,8-9H2,1-2H3,(H,20,23)(H,21,22). The molecule has 2 rings (SSSR count). The van der Waals surface area contributed by atoms with Gasteiger partial charge in [0.15, 0.2) is 0 Å². The Hall–Kier alpha value is -2.69. The van der Waals surface area contributed by atoms with Gasteiger partial charge in [-0.15, -0.1) is 0 Å². The molecule has 0 aliphatic rings. The molecule has 5 heteroatoms.